The highest BCUT2D eigenvalue weighted by Gasteiger charge is 2.52. The highest BCUT2D eigenvalue weighted by Crippen LogP contribution is 2.51. The minimum Gasteiger partial charge on any atom is -0.395 e. The van der Waals surface area contributed by atoms with Crippen molar-refractivity contribution in [3.8, 4) is 0 Å². The number of aliphatic imine (C=N–C) groups is 1. The van der Waals surface area contributed by atoms with E-state index in [0.29, 0.717) is 74.7 Å². The average molecular weight is 970 g/mol. The number of nitrogens with zero attached hydrogens (tertiary/aromatic N) is 5. The van der Waals surface area contributed by atoms with Crippen LogP contribution in [0.5, 0.6) is 0 Å². The lowest BCUT2D eigenvalue weighted by Gasteiger charge is -2.33. The molecule has 3 aliphatic heterocycles. The maximum Gasteiger partial charge on any atom is 0.312 e. The second kappa shape index (κ2) is 23.5. The molecule has 1 aromatic heterocycles. The number of hydrogen-bond donors (Lipinski definition) is 7. The summed E-state index contributed by atoms with van der Waals surface area (Å²) in [5.41, 5.74) is 13.1. The fourth-order valence-corrected chi connectivity index (χ4v) is 8.90. The molecule has 0 saturated heterocycles. The molecule has 0 bridgehead atoms. The number of aromatic nitrogens is 1. The molecule has 0 unspecified atom stereocenters. The standard InChI is InChI=1S/C49H64FN11O9/c1-4-17-59(20-21-62)45(67)30-23-34-35(50)25-32(26-38(34)56-39(51)24-30)49(14-15-49)47(69)55-33-22-31-28-60(19-13-36(31)54-27-33)46(68)37(9-8-16-53-48(52)70)57-44(66)43(29(2)3)58-40(63)10-6-5-7-18-61-41(64)11-12-42(61)65/h11-12,22-23,25-27,29,37,43,62H,4-10,13-21,24,28H2,1-3H3,(H2,51,56)(H,55,69)(H,57,66)(H,58,63)(H3,52,53,70)/t37-,43-/m0/s1. The number of rotatable bonds is 23. The van der Waals surface area contributed by atoms with Gasteiger partial charge in [0.1, 0.15) is 23.7 Å². The predicted octanol–water partition coefficient (Wildman–Crippen LogP) is 2.34. The first-order valence-corrected chi connectivity index (χ1v) is 24.0. The van der Waals surface area contributed by atoms with E-state index in [9.17, 15) is 43.5 Å². The fourth-order valence-electron chi connectivity index (χ4n) is 8.90. The zero-order chi connectivity index (χ0) is 50.7. The van der Waals surface area contributed by atoms with Crippen LogP contribution in [0.15, 0.2) is 47.1 Å². The lowest BCUT2D eigenvalue weighted by molar-refractivity contribution is -0.139. The summed E-state index contributed by atoms with van der Waals surface area (Å²) in [6, 6.07) is 1.90. The first kappa shape index (κ1) is 52.3. The Labute approximate surface area is 405 Å². The molecule has 70 heavy (non-hydrogen) atoms. The second-order valence-corrected chi connectivity index (χ2v) is 18.5. The van der Waals surface area contributed by atoms with Crippen molar-refractivity contribution in [1.82, 2.24) is 35.6 Å². The van der Waals surface area contributed by atoms with Gasteiger partial charge in [-0.05, 0) is 86.3 Å². The molecular formula is C49H64FN11O9. The highest BCUT2D eigenvalue weighted by atomic mass is 19.1. The van der Waals surface area contributed by atoms with E-state index in [1.54, 1.807) is 30.9 Å². The topological polar surface area (TPSA) is 292 Å². The van der Waals surface area contributed by atoms with Gasteiger partial charge in [-0.15, -0.1) is 0 Å². The molecular weight excluding hydrogens is 906 g/mol. The number of amides is 9. The maximum atomic E-state index is 16.0. The van der Waals surface area contributed by atoms with Gasteiger partial charge < -0.3 is 47.6 Å². The van der Waals surface area contributed by atoms with Gasteiger partial charge in [0.25, 0.3) is 11.8 Å². The SMILES string of the molecule is CCCN(CCO)C(=O)C1=Cc2c(F)cc(C3(C(=O)Nc4cnc5c(c4)CN(C(=O)[C@H](CCCNC(N)=O)NC(=O)[C@@H](NC(=O)CCCCCN4C(=O)C=CC4=O)C(C)C)CC5)CC3)cc2N=C(N)C1. The smallest absolute Gasteiger partial charge is 0.312 e. The van der Waals surface area contributed by atoms with Crippen molar-refractivity contribution in [1.29, 1.82) is 0 Å². The van der Waals surface area contributed by atoms with Crippen LogP contribution in [0, 0.1) is 11.7 Å². The maximum absolute atomic E-state index is 16.0. The van der Waals surface area contributed by atoms with Crippen LogP contribution < -0.4 is 32.7 Å². The molecule has 21 heteroatoms. The summed E-state index contributed by atoms with van der Waals surface area (Å²) in [7, 11) is 0. The number of benzene rings is 1. The van der Waals surface area contributed by atoms with Gasteiger partial charge in [0, 0.05) is 87.5 Å². The minimum atomic E-state index is -1.08. The second-order valence-electron chi connectivity index (χ2n) is 18.5. The van der Waals surface area contributed by atoms with E-state index in [-0.39, 0.29) is 111 Å². The van der Waals surface area contributed by atoms with Crippen molar-refractivity contribution in [3.05, 3.63) is 70.3 Å². The van der Waals surface area contributed by atoms with E-state index in [2.05, 4.69) is 31.2 Å². The molecule has 1 fully saturated rings. The van der Waals surface area contributed by atoms with Crippen molar-refractivity contribution in [2.75, 3.05) is 44.6 Å². The minimum absolute atomic E-state index is 0.0195. The predicted molar refractivity (Wildman–Crippen MR) is 257 cm³/mol. The number of urea groups is 1. The Morgan fingerprint density at radius 2 is 1.73 bits per heavy atom. The van der Waals surface area contributed by atoms with Gasteiger partial charge in [0.15, 0.2) is 0 Å². The van der Waals surface area contributed by atoms with Crippen LogP contribution in [0.4, 0.5) is 20.6 Å². The van der Waals surface area contributed by atoms with Crippen LogP contribution in [0.25, 0.3) is 6.08 Å². The quantitative estimate of drug-likeness (QED) is 0.0627. The third-order valence-electron chi connectivity index (χ3n) is 12.9. The number of aliphatic hydroxyl groups is 1. The molecule has 1 aliphatic carbocycles. The summed E-state index contributed by atoms with van der Waals surface area (Å²) in [4.78, 5) is 117. The number of halogens is 1. The summed E-state index contributed by atoms with van der Waals surface area (Å²) < 4.78 is 16.0. The summed E-state index contributed by atoms with van der Waals surface area (Å²) >= 11 is 0. The molecule has 4 heterocycles. The summed E-state index contributed by atoms with van der Waals surface area (Å²) in [5.74, 6) is -3.73. The summed E-state index contributed by atoms with van der Waals surface area (Å²) in [5, 5.41) is 20.6. The molecule has 376 valence electrons. The van der Waals surface area contributed by atoms with Crippen molar-refractivity contribution >= 4 is 70.7 Å². The lowest BCUT2D eigenvalue weighted by atomic mass is 9.92. The zero-order valence-electron chi connectivity index (χ0n) is 40.0. The number of nitrogens with two attached hydrogens (primary N) is 2. The van der Waals surface area contributed by atoms with Gasteiger partial charge in [0.05, 0.1) is 29.6 Å². The molecule has 9 N–H and O–H groups in total. The van der Waals surface area contributed by atoms with Gasteiger partial charge in [-0.3, -0.25) is 43.4 Å². The van der Waals surface area contributed by atoms with Crippen LogP contribution in [-0.4, -0.2) is 129 Å². The molecule has 9 amide bonds. The highest BCUT2D eigenvalue weighted by molar-refractivity contribution is 6.13. The molecule has 1 saturated carbocycles. The molecule has 6 rings (SSSR count). The normalized spacial score (nSPS) is 16.5. The number of nitrogens with one attached hydrogen (secondary N) is 4. The van der Waals surface area contributed by atoms with Crippen molar-refractivity contribution in [2.24, 2.45) is 22.4 Å². The van der Waals surface area contributed by atoms with E-state index >= 15 is 4.39 Å². The number of aliphatic hydroxyl groups excluding tert-OH is 1. The van der Waals surface area contributed by atoms with E-state index in [4.69, 9.17) is 11.5 Å². The fraction of sp³-hybridized carbons (Fsp3) is 0.510. The number of fused-ring (bicyclic) bond motifs is 2. The number of primary amides is 1. The van der Waals surface area contributed by atoms with Crippen molar-refractivity contribution in [3.63, 3.8) is 0 Å². The Hall–Kier alpha value is -7.03. The first-order chi connectivity index (χ1) is 33.4. The number of anilines is 1. The van der Waals surface area contributed by atoms with Crippen LogP contribution in [-0.2, 0) is 51.9 Å². The first-order valence-electron chi connectivity index (χ1n) is 24.0. The van der Waals surface area contributed by atoms with Crippen LogP contribution in [0.3, 0.4) is 0 Å². The zero-order valence-corrected chi connectivity index (χ0v) is 40.0. The van der Waals surface area contributed by atoms with Crippen LogP contribution in [0.1, 0.15) is 107 Å². The Kier molecular flexibility index (Phi) is 17.6. The number of amidine groups is 1. The van der Waals surface area contributed by atoms with E-state index in [1.807, 2.05) is 6.92 Å². The third-order valence-corrected chi connectivity index (χ3v) is 12.9. The van der Waals surface area contributed by atoms with Gasteiger partial charge >= 0.3 is 6.03 Å². The molecule has 2 aromatic rings. The number of imide groups is 1. The summed E-state index contributed by atoms with van der Waals surface area (Å²) in [6.07, 6.45) is 9.38. The Morgan fingerprint density at radius 3 is 2.40 bits per heavy atom. The molecule has 20 nitrogen and oxygen atoms in total. The average Bonchev–Trinajstić information content (AvgIpc) is 4.10. The molecule has 4 aliphatic rings. The number of hydrogen-bond acceptors (Lipinski definition) is 12. The monoisotopic (exact) mass is 969 g/mol. The summed E-state index contributed by atoms with van der Waals surface area (Å²) in [6.45, 7) is 6.51. The molecule has 1 aromatic carbocycles. The van der Waals surface area contributed by atoms with Gasteiger partial charge in [-0.25, -0.2) is 14.2 Å². The Bertz CT molecular complexity index is 2440. The van der Waals surface area contributed by atoms with E-state index in [1.165, 1.54) is 35.4 Å². The Morgan fingerprint density at radius 1 is 0.986 bits per heavy atom. The lowest BCUT2D eigenvalue weighted by Crippen LogP contribution is -2.56. The van der Waals surface area contributed by atoms with Gasteiger partial charge in [-0.1, -0.05) is 27.2 Å². The molecule has 0 radical (unpaired) electrons. The number of unbranched alkanes of at least 4 members (excludes halogenated alkanes) is 2. The van der Waals surface area contributed by atoms with Crippen molar-refractivity contribution < 1.29 is 47.9 Å². The van der Waals surface area contributed by atoms with Crippen molar-refractivity contribution in [2.45, 2.75) is 115 Å². The number of carbonyl (C=O) groups excluding carboxylic acids is 8. The molecule has 0 spiro atoms. The Balaban J connectivity index is 1.10. The van der Waals surface area contributed by atoms with E-state index < -0.39 is 47.1 Å². The van der Waals surface area contributed by atoms with Crippen LogP contribution >= 0.6 is 0 Å². The van der Waals surface area contributed by atoms with E-state index in [0.717, 1.165) is 10.6 Å². The number of pyridine rings is 1. The van der Waals surface area contributed by atoms with Crippen LogP contribution in [0.2, 0.25) is 0 Å². The largest absolute Gasteiger partial charge is 0.395 e. The van der Waals surface area contributed by atoms with Gasteiger partial charge in [-0.2, -0.15) is 0 Å². The van der Waals surface area contributed by atoms with Gasteiger partial charge in [0.2, 0.25) is 29.5 Å². The molecule has 2 atom stereocenters. The third kappa shape index (κ3) is 13.0. The number of carbonyl (C=O) groups is 8.